The molecule has 0 saturated heterocycles. The van der Waals surface area contributed by atoms with Gasteiger partial charge in [0.15, 0.2) is 0 Å². The molecule has 1 aliphatic heterocycles. The van der Waals surface area contributed by atoms with Crippen LogP contribution in [-0.4, -0.2) is 66.1 Å². The van der Waals surface area contributed by atoms with Crippen molar-refractivity contribution in [2.45, 2.75) is 33.0 Å². The predicted molar refractivity (Wildman–Crippen MR) is 128 cm³/mol. The molecule has 0 radical (unpaired) electrons. The third-order valence-corrected chi connectivity index (χ3v) is 6.16. The Hall–Kier alpha value is -3.50. The first-order chi connectivity index (χ1) is 16.4. The van der Waals surface area contributed by atoms with Crippen LogP contribution in [0.2, 0.25) is 0 Å². The summed E-state index contributed by atoms with van der Waals surface area (Å²) >= 11 is 0. The minimum atomic E-state index is -0.373. The van der Waals surface area contributed by atoms with Gasteiger partial charge in [0.25, 0.3) is 0 Å². The van der Waals surface area contributed by atoms with Crippen LogP contribution in [0.15, 0.2) is 18.3 Å². The van der Waals surface area contributed by atoms with Gasteiger partial charge in [-0.2, -0.15) is 15.3 Å². The number of hydrogen-bond donors (Lipinski definition) is 2. The molecular weight excluding hydrogens is 437 g/mol. The molecule has 0 amide bonds. The number of likely N-dealkylation sites (N-methyl/N-ethyl adjacent to an activating group) is 1. The highest BCUT2D eigenvalue weighted by molar-refractivity contribution is 5.93. The minimum Gasteiger partial charge on any atom is -0.473 e. The number of aliphatic hydroxyl groups is 1. The Balaban J connectivity index is 1.71. The second-order valence-corrected chi connectivity index (χ2v) is 8.82. The number of aliphatic hydroxyl groups excluding tert-OH is 1. The lowest BCUT2D eigenvalue weighted by atomic mass is 10.0. The molecule has 1 unspecified atom stereocenters. The van der Waals surface area contributed by atoms with Gasteiger partial charge in [-0.3, -0.25) is 14.7 Å². The molecular formula is C24H28FN7O2. The highest BCUT2D eigenvalue weighted by atomic mass is 19.1. The molecule has 3 aromatic heterocycles. The van der Waals surface area contributed by atoms with Crippen LogP contribution in [0, 0.1) is 12.7 Å². The number of H-pyrrole nitrogens is 1. The van der Waals surface area contributed by atoms with Crippen LogP contribution in [0.25, 0.3) is 34.2 Å². The highest BCUT2D eigenvalue weighted by Gasteiger charge is 2.22. The summed E-state index contributed by atoms with van der Waals surface area (Å²) < 4.78 is 24.9. The molecule has 5 rings (SSSR count). The van der Waals surface area contributed by atoms with Gasteiger partial charge in [-0.25, -0.2) is 9.07 Å². The van der Waals surface area contributed by atoms with Crippen LogP contribution in [0.1, 0.15) is 29.6 Å². The molecule has 2 N–H and O–H groups in total. The molecule has 4 aromatic rings. The maximum absolute atomic E-state index is 15.1. The van der Waals surface area contributed by atoms with E-state index in [2.05, 4.69) is 25.3 Å². The maximum atomic E-state index is 15.1. The van der Waals surface area contributed by atoms with Gasteiger partial charge in [0.05, 0.1) is 47.5 Å². The summed E-state index contributed by atoms with van der Waals surface area (Å²) in [5.41, 5.74) is 5.16. The number of halogens is 1. The predicted octanol–water partition coefficient (Wildman–Crippen LogP) is 2.98. The van der Waals surface area contributed by atoms with Crippen LogP contribution in [0.5, 0.6) is 5.88 Å². The van der Waals surface area contributed by atoms with E-state index in [1.807, 2.05) is 37.7 Å². The van der Waals surface area contributed by atoms with Gasteiger partial charge in [-0.05, 0) is 39.1 Å². The monoisotopic (exact) mass is 465 g/mol. The van der Waals surface area contributed by atoms with E-state index in [0.29, 0.717) is 47.9 Å². The minimum absolute atomic E-state index is 0.00210. The number of ether oxygens (including phenoxy) is 1. The van der Waals surface area contributed by atoms with Gasteiger partial charge in [-0.1, -0.05) is 0 Å². The number of nitrogens with one attached hydrogen (secondary N) is 1. The second kappa shape index (κ2) is 8.69. The molecule has 0 fully saturated rings. The zero-order valence-electron chi connectivity index (χ0n) is 19.7. The van der Waals surface area contributed by atoms with Crippen LogP contribution in [0.4, 0.5) is 4.39 Å². The molecule has 0 spiro atoms. The third kappa shape index (κ3) is 3.88. The molecule has 9 nitrogen and oxygen atoms in total. The average Bonchev–Trinajstić information content (AvgIpc) is 3.42. The van der Waals surface area contributed by atoms with Gasteiger partial charge in [-0.15, -0.1) is 0 Å². The van der Waals surface area contributed by atoms with Crippen molar-refractivity contribution < 1.29 is 14.2 Å². The van der Waals surface area contributed by atoms with Crippen molar-refractivity contribution in [3.8, 4) is 17.0 Å². The molecule has 178 valence electrons. The fraction of sp³-hybridized carbons (Fsp3) is 0.375. The number of aromatic amines is 1. The quantitative estimate of drug-likeness (QED) is 0.473. The fourth-order valence-electron chi connectivity index (χ4n) is 4.60. The van der Waals surface area contributed by atoms with E-state index in [1.54, 1.807) is 24.0 Å². The number of hydrogen-bond acceptors (Lipinski definition) is 6. The SMILES string of the molecule is Cc1nn(CCO)c2c1/C=C/c1n[nH]c3cc(F)c(cc13)-c1cnn(C)c1OC(C)CN(C)C2. The largest absolute Gasteiger partial charge is 0.473 e. The number of fused-ring (bicyclic) bond motifs is 4. The van der Waals surface area contributed by atoms with Crippen molar-refractivity contribution in [3.63, 3.8) is 0 Å². The van der Waals surface area contributed by atoms with Crippen molar-refractivity contribution in [2.24, 2.45) is 7.05 Å². The molecule has 1 aliphatic rings. The van der Waals surface area contributed by atoms with E-state index in [-0.39, 0.29) is 18.5 Å². The summed E-state index contributed by atoms with van der Waals surface area (Å²) in [5, 5.41) is 26.7. The Kier molecular flexibility index (Phi) is 5.70. The summed E-state index contributed by atoms with van der Waals surface area (Å²) in [6.07, 6.45) is 5.36. The van der Waals surface area contributed by atoms with Crippen molar-refractivity contribution in [2.75, 3.05) is 20.2 Å². The Morgan fingerprint density at radius 3 is 2.85 bits per heavy atom. The van der Waals surface area contributed by atoms with Crippen LogP contribution < -0.4 is 4.74 Å². The Morgan fingerprint density at radius 2 is 2.06 bits per heavy atom. The highest BCUT2D eigenvalue weighted by Crippen LogP contribution is 2.35. The number of aromatic nitrogens is 6. The number of benzene rings is 1. The molecule has 1 aromatic carbocycles. The third-order valence-electron chi connectivity index (χ3n) is 6.16. The molecule has 10 heteroatoms. The molecule has 34 heavy (non-hydrogen) atoms. The van der Waals surface area contributed by atoms with Gasteiger partial charge in [0, 0.05) is 42.7 Å². The summed E-state index contributed by atoms with van der Waals surface area (Å²) in [6.45, 7) is 5.59. The maximum Gasteiger partial charge on any atom is 0.220 e. The van der Waals surface area contributed by atoms with E-state index >= 15 is 4.39 Å². The lowest BCUT2D eigenvalue weighted by Crippen LogP contribution is -2.32. The summed E-state index contributed by atoms with van der Waals surface area (Å²) in [5.74, 6) is 0.137. The molecule has 0 saturated carbocycles. The van der Waals surface area contributed by atoms with Crippen LogP contribution >= 0.6 is 0 Å². The van der Waals surface area contributed by atoms with Gasteiger partial charge < -0.3 is 9.84 Å². The summed E-state index contributed by atoms with van der Waals surface area (Å²) in [7, 11) is 3.80. The smallest absolute Gasteiger partial charge is 0.220 e. The standard InChI is InChI=1S/C24H28FN7O2/c1-14-12-30(3)13-23-16(15(2)29-32(23)7-8-33)5-6-21-18-9-17(20(25)10-22(18)28-27-21)19-11-26-31(4)24(19)34-14/h5-6,9-11,14,33H,7-8,12-13H2,1-4H3,(H,27,28)/b6-5+. The Labute approximate surface area is 196 Å². The summed E-state index contributed by atoms with van der Waals surface area (Å²) in [6, 6.07) is 3.24. The van der Waals surface area contributed by atoms with Crippen molar-refractivity contribution in [3.05, 3.63) is 46.8 Å². The average molecular weight is 466 g/mol. The fourth-order valence-corrected chi connectivity index (χ4v) is 4.60. The molecule has 4 heterocycles. The first-order valence-electron chi connectivity index (χ1n) is 11.3. The zero-order valence-corrected chi connectivity index (χ0v) is 19.7. The van der Waals surface area contributed by atoms with E-state index in [4.69, 9.17) is 4.74 Å². The lowest BCUT2D eigenvalue weighted by Gasteiger charge is -2.23. The lowest BCUT2D eigenvalue weighted by molar-refractivity contribution is 0.146. The first-order valence-corrected chi connectivity index (χ1v) is 11.3. The number of aryl methyl sites for hydroxylation is 2. The van der Waals surface area contributed by atoms with E-state index < -0.39 is 0 Å². The van der Waals surface area contributed by atoms with Gasteiger partial charge >= 0.3 is 0 Å². The van der Waals surface area contributed by atoms with Crippen molar-refractivity contribution >= 4 is 23.1 Å². The van der Waals surface area contributed by atoms with Crippen molar-refractivity contribution in [1.82, 2.24) is 34.7 Å². The molecule has 2 bridgehead atoms. The Bertz CT molecular complexity index is 1380. The second-order valence-electron chi connectivity index (χ2n) is 8.82. The van der Waals surface area contributed by atoms with E-state index in [0.717, 1.165) is 22.3 Å². The van der Waals surface area contributed by atoms with Crippen molar-refractivity contribution in [1.29, 1.82) is 0 Å². The van der Waals surface area contributed by atoms with E-state index in [9.17, 15) is 5.11 Å². The number of nitrogens with zero attached hydrogens (tertiary/aromatic N) is 6. The summed E-state index contributed by atoms with van der Waals surface area (Å²) in [4.78, 5) is 2.15. The van der Waals surface area contributed by atoms with E-state index in [1.165, 1.54) is 6.07 Å². The zero-order chi connectivity index (χ0) is 24.0. The van der Waals surface area contributed by atoms with Crippen LogP contribution in [0.3, 0.4) is 0 Å². The number of rotatable bonds is 2. The first kappa shape index (κ1) is 22.3. The normalized spacial score (nSPS) is 17.8. The Morgan fingerprint density at radius 1 is 1.24 bits per heavy atom. The van der Waals surface area contributed by atoms with Crippen LogP contribution in [-0.2, 0) is 20.1 Å². The molecule has 1 atom stereocenters. The molecule has 0 aliphatic carbocycles. The topological polar surface area (TPSA) is 97.0 Å². The van der Waals surface area contributed by atoms with Gasteiger partial charge in [0.1, 0.15) is 11.9 Å². The van der Waals surface area contributed by atoms with Gasteiger partial charge in [0.2, 0.25) is 5.88 Å².